The quantitative estimate of drug-likeness (QED) is 0.776. The van der Waals surface area contributed by atoms with Crippen molar-refractivity contribution in [1.82, 2.24) is 30.0 Å². The number of hydrogen-bond acceptors (Lipinski definition) is 6. The largest absolute Gasteiger partial charge is 0.366 e. The fourth-order valence-electron chi connectivity index (χ4n) is 3.26. The van der Waals surface area contributed by atoms with Gasteiger partial charge in [0, 0.05) is 32.8 Å². The summed E-state index contributed by atoms with van der Waals surface area (Å²) in [4.78, 5) is 23.3. The molecule has 0 spiro atoms. The van der Waals surface area contributed by atoms with Gasteiger partial charge in [0.05, 0.1) is 12.2 Å². The Labute approximate surface area is 160 Å². The average molecular weight is 371 g/mol. The molecule has 1 unspecified atom stereocenters. The van der Waals surface area contributed by atoms with E-state index in [4.69, 9.17) is 0 Å². The van der Waals surface area contributed by atoms with E-state index >= 15 is 0 Å². The van der Waals surface area contributed by atoms with Crippen molar-refractivity contribution in [3.05, 3.63) is 24.2 Å². The molecular formula is C19H29N7O. The van der Waals surface area contributed by atoms with Gasteiger partial charge in [-0.2, -0.15) is 5.10 Å². The molecule has 1 amide bonds. The van der Waals surface area contributed by atoms with E-state index < -0.39 is 0 Å². The van der Waals surface area contributed by atoms with Gasteiger partial charge in [-0.1, -0.05) is 20.8 Å². The number of fused-ring (bicyclic) bond motifs is 1. The van der Waals surface area contributed by atoms with Gasteiger partial charge in [0.1, 0.15) is 17.4 Å². The summed E-state index contributed by atoms with van der Waals surface area (Å²) in [6.45, 7) is 8.81. The lowest BCUT2D eigenvalue weighted by atomic mass is 9.86. The third-order valence-electron chi connectivity index (χ3n) is 4.99. The molecular weight excluding hydrogens is 342 g/mol. The van der Waals surface area contributed by atoms with E-state index in [1.54, 1.807) is 17.0 Å². The summed E-state index contributed by atoms with van der Waals surface area (Å²) >= 11 is 0. The number of carbonyl (C=O) groups excluding carboxylic acids is 1. The number of amides is 1. The molecule has 0 saturated carbocycles. The highest BCUT2D eigenvalue weighted by atomic mass is 16.1. The Morgan fingerprint density at radius 2 is 2.11 bits per heavy atom. The van der Waals surface area contributed by atoms with Crippen molar-refractivity contribution in [2.45, 2.75) is 33.2 Å². The molecule has 8 nitrogen and oxygen atoms in total. The minimum Gasteiger partial charge on any atom is -0.366 e. The fourth-order valence-corrected chi connectivity index (χ4v) is 3.26. The highest BCUT2D eigenvalue weighted by molar-refractivity contribution is 5.89. The molecule has 1 aliphatic heterocycles. The molecule has 1 saturated heterocycles. The zero-order chi connectivity index (χ0) is 19.6. The van der Waals surface area contributed by atoms with E-state index in [1.165, 1.54) is 11.9 Å². The highest BCUT2D eigenvalue weighted by Gasteiger charge is 2.26. The Morgan fingerprint density at radius 1 is 1.33 bits per heavy atom. The van der Waals surface area contributed by atoms with Gasteiger partial charge in [0.2, 0.25) is 5.91 Å². The minimum absolute atomic E-state index is 0.0320. The van der Waals surface area contributed by atoms with Gasteiger partial charge in [-0.3, -0.25) is 9.48 Å². The Balaban J connectivity index is 1.70. The standard InChI is InChI=1S/C19H29N7O/c1-19(2,3)15(24-16(27)8-13-6-7-25(4)11-13)10-20-18-17-14(21-12-22-18)9-23-26(17)5/h8-9,12,15H,6-7,10-11H2,1-5H3,(H,24,27)(H,20,21,22)/b13-8+. The molecule has 0 aromatic carbocycles. The van der Waals surface area contributed by atoms with E-state index in [-0.39, 0.29) is 17.4 Å². The van der Waals surface area contributed by atoms with Crippen LogP contribution in [0.1, 0.15) is 27.2 Å². The van der Waals surface area contributed by atoms with Crippen molar-refractivity contribution in [1.29, 1.82) is 0 Å². The number of nitrogens with zero attached hydrogens (tertiary/aromatic N) is 5. The Morgan fingerprint density at radius 3 is 2.78 bits per heavy atom. The van der Waals surface area contributed by atoms with Gasteiger partial charge in [-0.05, 0) is 24.5 Å². The first-order valence-corrected chi connectivity index (χ1v) is 9.29. The maximum Gasteiger partial charge on any atom is 0.244 e. The second-order valence-corrected chi connectivity index (χ2v) is 8.32. The molecule has 3 heterocycles. The second kappa shape index (κ2) is 7.64. The van der Waals surface area contributed by atoms with E-state index in [1.807, 2.05) is 7.05 Å². The Bertz CT molecular complexity index is 849. The van der Waals surface area contributed by atoms with E-state index in [0.29, 0.717) is 6.54 Å². The van der Waals surface area contributed by atoms with E-state index in [2.05, 4.69) is 58.4 Å². The van der Waals surface area contributed by atoms with Crippen molar-refractivity contribution in [3.8, 4) is 0 Å². The summed E-state index contributed by atoms with van der Waals surface area (Å²) in [5.41, 5.74) is 2.73. The molecule has 0 radical (unpaired) electrons. The van der Waals surface area contributed by atoms with Gasteiger partial charge in [-0.15, -0.1) is 0 Å². The van der Waals surface area contributed by atoms with Gasteiger partial charge in [0.25, 0.3) is 0 Å². The summed E-state index contributed by atoms with van der Waals surface area (Å²) in [6, 6.07) is -0.0563. The molecule has 146 valence electrons. The third-order valence-corrected chi connectivity index (χ3v) is 4.99. The van der Waals surface area contributed by atoms with Crippen LogP contribution >= 0.6 is 0 Å². The van der Waals surface area contributed by atoms with Crippen LogP contribution in [0.3, 0.4) is 0 Å². The van der Waals surface area contributed by atoms with Gasteiger partial charge in [0.15, 0.2) is 5.82 Å². The zero-order valence-corrected chi connectivity index (χ0v) is 16.8. The summed E-state index contributed by atoms with van der Waals surface area (Å²) in [7, 11) is 3.94. The lowest BCUT2D eigenvalue weighted by molar-refractivity contribution is -0.117. The molecule has 1 aliphatic rings. The highest BCUT2D eigenvalue weighted by Crippen LogP contribution is 2.22. The van der Waals surface area contributed by atoms with Gasteiger partial charge >= 0.3 is 0 Å². The molecule has 0 aliphatic carbocycles. The predicted molar refractivity (Wildman–Crippen MR) is 106 cm³/mol. The number of rotatable bonds is 5. The number of aromatic nitrogens is 4. The van der Waals surface area contributed by atoms with Crippen LogP contribution in [-0.2, 0) is 11.8 Å². The minimum atomic E-state index is -0.105. The first-order valence-electron chi connectivity index (χ1n) is 9.29. The number of anilines is 1. The Kier molecular flexibility index (Phi) is 5.46. The third kappa shape index (κ3) is 4.63. The second-order valence-electron chi connectivity index (χ2n) is 8.32. The van der Waals surface area contributed by atoms with Crippen molar-refractivity contribution < 1.29 is 4.79 Å². The van der Waals surface area contributed by atoms with Crippen molar-refractivity contribution in [3.63, 3.8) is 0 Å². The normalized spacial score (nSPS) is 18.2. The van der Waals surface area contributed by atoms with E-state index in [9.17, 15) is 4.79 Å². The van der Waals surface area contributed by atoms with Crippen LogP contribution in [0.15, 0.2) is 24.2 Å². The van der Waals surface area contributed by atoms with Crippen LogP contribution in [0.25, 0.3) is 11.0 Å². The number of aryl methyl sites for hydroxylation is 1. The maximum absolute atomic E-state index is 12.5. The molecule has 27 heavy (non-hydrogen) atoms. The molecule has 1 atom stereocenters. The maximum atomic E-state index is 12.5. The number of carbonyl (C=O) groups is 1. The van der Waals surface area contributed by atoms with Crippen LogP contribution in [0, 0.1) is 5.41 Å². The zero-order valence-electron chi connectivity index (χ0n) is 16.8. The van der Waals surface area contributed by atoms with Crippen molar-refractivity contribution >= 4 is 22.8 Å². The number of hydrogen-bond donors (Lipinski definition) is 2. The van der Waals surface area contributed by atoms with Crippen LogP contribution in [0.2, 0.25) is 0 Å². The van der Waals surface area contributed by atoms with Gasteiger partial charge < -0.3 is 15.5 Å². The molecule has 0 bridgehead atoms. The molecule has 3 rings (SSSR count). The molecule has 1 fully saturated rings. The van der Waals surface area contributed by atoms with Gasteiger partial charge in [-0.25, -0.2) is 9.97 Å². The lowest BCUT2D eigenvalue weighted by Gasteiger charge is -2.31. The summed E-state index contributed by atoms with van der Waals surface area (Å²) in [6.07, 6.45) is 5.96. The number of likely N-dealkylation sites (tertiary alicyclic amines) is 1. The number of nitrogens with one attached hydrogen (secondary N) is 2. The first-order chi connectivity index (χ1) is 12.7. The van der Waals surface area contributed by atoms with Crippen LogP contribution in [0.5, 0.6) is 0 Å². The van der Waals surface area contributed by atoms with Crippen LogP contribution in [0.4, 0.5) is 5.82 Å². The van der Waals surface area contributed by atoms with Crippen molar-refractivity contribution in [2.75, 3.05) is 32.0 Å². The van der Waals surface area contributed by atoms with E-state index in [0.717, 1.165) is 36.4 Å². The monoisotopic (exact) mass is 371 g/mol. The predicted octanol–water partition coefficient (Wildman–Crippen LogP) is 1.57. The molecule has 8 heteroatoms. The molecule has 2 aromatic rings. The number of likely N-dealkylation sites (N-methyl/N-ethyl adjacent to an activating group) is 1. The topological polar surface area (TPSA) is 88.0 Å². The fraction of sp³-hybridized carbons (Fsp3) is 0.579. The summed E-state index contributed by atoms with van der Waals surface area (Å²) in [5, 5.41) is 10.8. The molecule has 2 N–H and O–H groups in total. The van der Waals surface area contributed by atoms with Crippen LogP contribution < -0.4 is 10.6 Å². The summed E-state index contributed by atoms with van der Waals surface area (Å²) in [5.74, 6) is 0.690. The summed E-state index contributed by atoms with van der Waals surface area (Å²) < 4.78 is 1.75. The lowest BCUT2D eigenvalue weighted by Crippen LogP contribution is -2.47. The first kappa shape index (κ1) is 19.3. The SMILES string of the molecule is CN1CC/C(=C\C(=O)NC(CNc2ncnc3cnn(C)c23)C(C)(C)C)C1. The Hall–Kier alpha value is -2.48. The molecule has 2 aromatic heterocycles. The smallest absolute Gasteiger partial charge is 0.244 e. The van der Waals surface area contributed by atoms with Crippen molar-refractivity contribution in [2.24, 2.45) is 12.5 Å². The van der Waals surface area contributed by atoms with Crippen LogP contribution in [-0.4, -0.2) is 63.3 Å². The average Bonchev–Trinajstić information content (AvgIpc) is 3.16.